The lowest BCUT2D eigenvalue weighted by atomic mass is 10.1. The minimum absolute atomic E-state index is 0.00380. The molecule has 2 aromatic rings. The van der Waals surface area contributed by atoms with Crippen molar-refractivity contribution in [3.05, 3.63) is 59.9 Å². The van der Waals surface area contributed by atoms with Gasteiger partial charge in [0, 0.05) is 18.3 Å². The molecule has 2 rings (SSSR count). The topological polar surface area (TPSA) is 40.5 Å². The first kappa shape index (κ1) is 14.1. The third-order valence-corrected chi connectivity index (χ3v) is 3.06. The van der Waals surface area contributed by atoms with Gasteiger partial charge in [0.05, 0.1) is 6.42 Å². The van der Waals surface area contributed by atoms with Gasteiger partial charge in [-0.1, -0.05) is 24.3 Å². The van der Waals surface area contributed by atoms with Crippen molar-refractivity contribution in [2.24, 2.45) is 0 Å². The molecule has 0 bridgehead atoms. The van der Waals surface area contributed by atoms with Crippen LogP contribution in [0.2, 0.25) is 0 Å². The van der Waals surface area contributed by atoms with E-state index in [0.717, 1.165) is 0 Å². The van der Waals surface area contributed by atoms with Crippen molar-refractivity contribution in [3.63, 3.8) is 0 Å². The summed E-state index contributed by atoms with van der Waals surface area (Å²) in [5.41, 5.74) is 0.977. The smallest absolute Gasteiger partial charge is 0.231 e. The highest BCUT2D eigenvalue weighted by atomic mass is 19.1. The van der Waals surface area contributed by atoms with Gasteiger partial charge in [-0.2, -0.15) is 0 Å². The van der Waals surface area contributed by atoms with E-state index in [1.807, 2.05) is 6.92 Å². The summed E-state index contributed by atoms with van der Waals surface area (Å²) in [7, 11) is 0. The third-order valence-electron chi connectivity index (χ3n) is 3.06. The van der Waals surface area contributed by atoms with E-state index < -0.39 is 0 Å². The summed E-state index contributed by atoms with van der Waals surface area (Å²) in [5, 5.41) is 9.48. The van der Waals surface area contributed by atoms with Crippen LogP contribution in [-0.2, 0) is 11.2 Å². The zero-order valence-corrected chi connectivity index (χ0v) is 11.2. The predicted molar refractivity (Wildman–Crippen MR) is 76.2 cm³/mol. The van der Waals surface area contributed by atoms with Crippen LogP contribution in [0.1, 0.15) is 12.5 Å². The van der Waals surface area contributed by atoms with Gasteiger partial charge in [0.25, 0.3) is 0 Å². The van der Waals surface area contributed by atoms with Crippen LogP contribution < -0.4 is 4.90 Å². The quantitative estimate of drug-likeness (QED) is 0.929. The van der Waals surface area contributed by atoms with Gasteiger partial charge in [-0.05, 0) is 30.7 Å². The molecule has 0 heterocycles. The molecule has 20 heavy (non-hydrogen) atoms. The molecule has 0 aromatic heterocycles. The van der Waals surface area contributed by atoms with Gasteiger partial charge in [-0.15, -0.1) is 0 Å². The van der Waals surface area contributed by atoms with Crippen LogP contribution in [0.3, 0.4) is 0 Å². The van der Waals surface area contributed by atoms with Crippen molar-refractivity contribution >= 4 is 11.6 Å². The van der Waals surface area contributed by atoms with E-state index in [0.29, 0.717) is 17.8 Å². The number of benzene rings is 2. The molecule has 0 aliphatic rings. The monoisotopic (exact) mass is 273 g/mol. The summed E-state index contributed by atoms with van der Waals surface area (Å²) in [4.78, 5) is 13.8. The Morgan fingerprint density at radius 1 is 1.20 bits per heavy atom. The Bertz CT molecular complexity index is 613. The van der Waals surface area contributed by atoms with Crippen molar-refractivity contribution in [3.8, 4) is 5.75 Å². The van der Waals surface area contributed by atoms with Crippen LogP contribution in [0.15, 0.2) is 48.5 Å². The van der Waals surface area contributed by atoms with E-state index in [1.54, 1.807) is 36.4 Å². The number of anilines is 1. The second-order valence-electron chi connectivity index (χ2n) is 4.43. The molecule has 0 saturated heterocycles. The highest BCUT2D eigenvalue weighted by Gasteiger charge is 2.16. The number of amides is 1. The lowest BCUT2D eigenvalue weighted by molar-refractivity contribution is -0.118. The fraction of sp³-hybridized carbons (Fsp3) is 0.188. The average molecular weight is 273 g/mol. The molecule has 3 nitrogen and oxygen atoms in total. The number of halogens is 1. The molecule has 0 aliphatic heterocycles. The Balaban J connectivity index is 2.20. The van der Waals surface area contributed by atoms with Gasteiger partial charge in [-0.3, -0.25) is 4.79 Å². The number of rotatable bonds is 4. The van der Waals surface area contributed by atoms with Crippen molar-refractivity contribution in [2.75, 3.05) is 11.4 Å². The molecule has 1 N–H and O–H groups in total. The van der Waals surface area contributed by atoms with Crippen LogP contribution in [0.25, 0.3) is 0 Å². The Morgan fingerprint density at radius 3 is 2.60 bits per heavy atom. The Morgan fingerprint density at radius 2 is 1.95 bits per heavy atom. The molecule has 4 heteroatoms. The zero-order valence-electron chi connectivity index (χ0n) is 11.2. The average Bonchev–Trinajstić information content (AvgIpc) is 2.42. The minimum atomic E-state index is -0.382. The molecular formula is C16H16FNO2. The van der Waals surface area contributed by atoms with Crippen molar-refractivity contribution in [1.82, 2.24) is 0 Å². The second-order valence-corrected chi connectivity index (χ2v) is 4.43. The molecule has 0 saturated carbocycles. The van der Waals surface area contributed by atoms with Crippen LogP contribution in [-0.4, -0.2) is 17.6 Å². The lowest BCUT2D eigenvalue weighted by Crippen LogP contribution is -2.32. The van der Waals surface area contributed by atoms with E-state index >= 15 is 0 Å². The number of hydrogen-bond acceptors (Lipinski definition) is 2. The molecule has 0 radical (unpaired) electrons. The van der Waals surface area contributed by atoms with Gasteiger partial charge in [0.15, 0.2) is 0 Å². The van der Waals surface area contributed by atoms with Crippen LogP contribution in [0.5, 0.6) is 5.75 Å². The number of carbonyl (C=O) groups excluding carboxylic acids is 1. The number of carbonyl (C=O) groups is 1. The third kappa shape index (κ3) is 3.15. The maximum Gasteiger partial charge on any atom is 0.231 e. The summed E-state index contributed by atoms with van der Waals surface area (Å²) < 4.78 is 13.6. The predicted octanol–water partition coefficient (Wildman–Crippen LogP) is 3.13. The SMILES string of the molecule is CCN(C(=O)Cc1ccccc1F)c1cccc(O)c1. The summed E-state index contributed by atoms with van der Waals surface area (Å²) >= 11 is 0. The van der Waals surface area contributed by atoms with E-state index in [4.69, 9.17) is 0 Å². The molecule has 1 amide bonds. The fourth-order valence-electron chi connectivity index (χ4n) is 2.06. The van der Waals surface area contributed by atoms with Crippen molar-refractivity contribution < 1.29 is 14.3 Å². The number of hydrogen-bond donors (Lipinski definition) is 1. The highest BCUT2D eigenvalue weighted by Crippen LogP contribution is 2.21. The van der Waals surface area contributed by atoms with Gasteiger partial charge < -0.3 is 10.0 Å². The van der Waals surface area contributed by atoms with Crippen molar-refractivity contribution in [1.29, 1.82) is 0 Å². The zero-order chi connectivity index (χ0) is 14.5. The Hall–Kier alpha value is -2.36. The standard InChI is InChI=1S/C16H16FNO2/c1-2-18(13-7-5-8-14(19)11-13)16(20)10-12-6-3-4-9-15(12)17/h3-9,11,19H,2,10H2,1H3. The largest absolute Gasteiger partial charge is 0.508 e. The van der Waals surface area contributed by atoms with Gasteiger partial charge >= 0.3 is 0 Å². The van der Waals surface area contributed by atoms with E-state index in [-0.39, 0.29) is 23.9 Å². The second kappa shape index (κ2) is 6.19. The fourth-order valence-corrected chi connectivity index (χ4v) is 2.06. The molecular weight excluding hydrogens is 257 g/mol. The first-order valence-electron chi connectivity index (χ1n) is 6.44. The molecule has 0 fully saturated rings. The maximum absolute atomic E-state index is 13.6. The Kier molecular flexibility index (Phi) is 4.35. The molecule has 0 unspecified atom stereocenters. The van der Waals surface area contributed by atoms with Gasteiger partial charge in [0.1, 0.15) is 11.6 Å². The molecule has 0 aliphatic carbocycles. The van der Waals surface area contributed by atoms with Crippen LogP contribution in [0, 0.1) is 5.82 Å². The van der Waals surface area contributed by atoms with E-state index in [2.05, 4.69) is 0 Å². The Labute approximate surface area is 117 Å². The first-order chi connectivity index (χ1) is 9.61. The van der Waals surface area contributed by atoms with E-state index in [1.165, 1.54) is 17.0 Å². The highest BCUT2D eigenvalue weighted by molar-refractivity contribution is 5.94. The van der Waals surface area contributed by atoms with Gasteiger partial charge in [0.2, 0.25) is 5.91 Å². The number of phenols is 1. The van der Waals surface area contributed by atoms with Crippen LogP contribution in [0.4, 0.5) is 10.1 Å². The maximum atomic E-state index is 13.6. The summed E-state index contributed by atoms with van der Waals surface area (Å²) in [6.07, 6.45) is -0.00380. The molecule has 0 spiro atoms. The lowest BCUT2D eigenvalue weighted by Gasteiger charge is -2.21. The van der Waals surface area contributed by atoms with E-state index in [9.17, 15) is 14.3 Å². The number of aromatic hydroxyl groups is 1. The number of likely N-dealkylation sites (N-methyl/N-ethyl adjacent to an activating group) is 1. The molecule has 2 aromatic carbocycles. The van der Waals surface area contributed by atoms with Crippen molar-refractivity contribution in [2.45, 2.75) is 13.3 Å². The van der Waals surface area contributed by atoms with Crippen LogP contribution >= 0.6 is 0 Å². The summed E-state index contributed by atoms with van der Waals surface area (Å²) in [5.74, 6) is -0.490. The molecule has 104 valence electrons. The minimum Gasteiger partial charge on any atom is -0.508 e. The number of phenolic OH excluding ortho intramolecular Hbond substituents is 1. The van der Waals surface area contributed by atoms with Gasteiger partial charge in [-0.25, -0.2) is 4.39 Å². The normalized spacial score (nSPS) is 10.3. The number of nitrogens with zero attached hydrogens (tertiary/aromatic N) is 1. The first-order valence-corrected chi connectivity index (χ1v) is 6.44. The summed E-state index contributed by atoms with van der Waals surface area (Å²) in [6.45, 7) is 2.29. The summed E-state index contributed by atoms with van der Waals surface area (Å²) in [6, 6.07) is 12.7. The molecule has 0 atom stereocenters.